The molecule has 1 N–H and O–H groups in total. The number of hydrogen-bond acceptors (Lipinski definition) is 2. The smallest absolute Gasteiger partial charge is 0.336 e. The lowest BCUT2D eigenvalue weighted by Gasteiger charge is -2.52. The molecule has 0 amide bonds. The van der Waals surface area contributed by atoms with Gasteiger partial charge in [0.25, 0.3) is 0 Å². The second kappa shape index (κ2) is 6.28. The van der Waals surface area contributed by atoms with E-state index in [4.69, 9.17) is 4.74 Å². The molecule has 0 aromatic heterocycles. The van der Waals surface area contributed by atoms with Crippen molar-refractivity contribution in [2.24, 2.45) is 29.1 Å². The normalized spacial score (nSPS) is 37.0. The highest BCUT2D eigenvalue weighted by atomic mass is 16.5. The summed E-state index contributed by atoms with van der Waals surface area (Å²) >= 11 is 0. The molecule has 3 nitrogen and oxygen atoms in total. The summed E-state index contributed by atoms with van der Waals surface area (Å²) in [5.74, 6) is 0.840. The second-order valence-electron chi connectivity index (χ2n) is 8.25. The topological polar surface area (TPSA) is 46.5 Å². The molecule has 6 atom stereocenters. The van der Waals surface area contributed by atoms with Crippen LogP contribution in [-0.2, 0) is 9.53 Å². The number of rotatable bonds is 4. The summed E-state index contributed by atoms with van der Waals surface area (Å²) in [5.41, 5.74) is -1.49. The van der Waals surface area contributed by atoms with Crippen LogP contribution in [0.15, 0.2) is 0 Å². The van der Waals surface area contributed by atoms with Crippen LogP contribution in [0.4, 0.5) is 0 Å². The summed E-state index contributed by atoms with van der Waals surface area (Å²) in [6.45, 7) is 17.0. The lowest BCUT2D eigenvalue weighted by Crippen LogP contribution is -2.61. The molecule has 0 aliphatic carbocycles. The molecule has 0 spiro atoms. The van der Waals surface area contributed by atoms with Gasteiger partial charge in [-0.15, -0.1) is 0 Å². The highest BCUT2D eigenvalue weighted by Gasteiger charge is 2.57. The molecular formula is C18H34O3. The number of aliphatic carboxylic acids is 1. The van der Waals surface area contributed by atoms with Crippen LogP contribution in [0.25, 0.3) is 0 Å². The fraction of sp³-hybridized carbons (Fsp3) is 0.944. The molecule has 3 heteroatoms. The van der Waals surface area contributed by atoms with Gasteiger partial charge in [-0.25, -0.2) is 4.79 Å². The first-order chi connectivity index (χ1) is 9.48. The van der Waals surface area contributed by atoms with Crippen molar-refractivity contribution in [1.29, 1.82) is 0 Å². The average molecular weight is 298 g/mol. The fourth-order valence-corrected chi connectivity index (χ4v) is 3.57. The third-order valence-corrected chi connectivity index (χ3v) is 5.98. The summed E-state index contributed by atoms with van der Waals surface area (Å²) < 4.78 is 6.37. The zero-order valence-corrected chi connectivity index (χ0v) is 15.1. The van der Waals surface area contributed by atoms with Gasteiger partial charge in [-0.1, -0.05) is 61.8 Å². The SMILES string of the molecule is CCC(C)C(C)C1OC(C(=O)O)(C(C)(C)C)CC(C)C1C. The summed E-state index contributed by atoms with van der Waals surface area (Å²) in [5, 5.41) is 9.90. The Morgan fingerprint density at radius 3 is 2.24 bits per heavy atom. The van der Waals surface area contributed by atoms with Gasteiger partial charge >= 0.3 is 5.97 Å². The molecule has 0 bridgehead atoms. The van der Waals surface area contributed by atoms with Crippen LogP contribution in [0.1, 0.15) is 68.2 Å². The Hall–Kier alpha value is -0.570. The van der Waals surface area contributed by atoms with Crippen molar-refractivity contribution >= 4 is 5.97 Å². The van der Waals surface area contributed by atoms with Crippen molar-refractivity contribution in [1.82, 2.24) is 0 Å². The first-order valence-electron chi connectivity index (χ1n) is 8.39. The summed E-state index contributed by atoms with van der Waals surface area (Å²) in [4.78, 5) is 12.1. The molecular weight excluding hydrogens is 264 g/mol. The van der Waals surface area contributed by atoms with E-state index < -0.39 is 17.0 Å². The molecule has 1 aliphatic rings. The van der Waals surface area contributed by atoms with E-state index in [9.17, 15) is 9.90 Å². The van der Waals surface area contributed by atoms with Crippen LogP contribution >= 0.6 is 0 Å². The van der Waals surface area contributed by atoms with Crippen LogP contribution < -0.4 is 0 Å². The molecule has 0 saturated carbocycles. The second-order valence-corrected chi connectivity index (χ2v) is 8.25. The first-order valence-corrected chi connectivity index (χ1v) is 8.39. The Labute approximate surface area is 130 Å². The molecule has 1 heterocycles. The van der Waals surface area contributed by atoms with Gasteiger partial charge in [0.05, 0.1) is 6.10 Å². The van der Waals surface area contributed by atoms with E-state index in [0.717, 1.165) is 6.42 Å². The predicted octanol–water partition coefficient (Wildman–Crippen LogP) is 4.60. The lowest BCUT2D eigenvalue weighted by atomic mass is 9.65. The Morgan fingerprint density at radius 1 is 1.33 bits per heavy atom. The van der Waals surface area contributed by atoms with Gasteiger partial charge in [-0.2, -0.15) is 0 Å². The quantitative estimate of drug-likeness (QED) is 0.825. The first kappa shape index (κ1) is 18.5. The molecule has 0 aromatic carbocycles. The van der Waals surface area contributed by atoms with E-state index in [-0.39, 0.29) is 6.10 Å². The number of ether oxygens (including phenoxy) is 1. The Kier molecular flexibility index (Phi) is 5.52. The monoisotopic (exact) mass is 298 g/mol. The number of carbonyl (C=O) groups is 1. The molecule has 0 aromatic rings. The van der Waals surface area contributed by atoms with Gasteiger partial charge in [0.1, 0.15) is 0 Å². The minimum atomic E-state index is -1.08. The van der Waals surface area contributed by atoms with Crippen molar-refractivity contribution in [2.45, 2.75) is 79.9 Å². The van der Waals surface area contributed by atoms with Gasteiger partial charge in [-0.3, -0.25) is 0 Å². The number of carboxylic acid groups (broad SMARTS) is 1. The van der Waals surface area contributed by atoms with Gasteiger partial charge in [0, 0.05) is 5.41 Å². The molecule has 1 aliphatic heterocycles. The Morgan fingerprint density at radius 2 is 1.86 bits per heavy atom. The van der Waals surface area contributed by atoms with E-state index in [1.807, 2.05) is 20.8 Å². The van der Waals surface area contributed by atoms with E-state index in [0.29, 0.717) is 30.1 Å². The number of carboxylic acids is 1. The zero-order chi connectivity index (χ0) is 16.6. The Balaban J connectivity index is 3.20. The molecule has 1 rings (SSSR count). The maximum Gasteiger partial charge on any atom is 0.336 e. The lowest BCUT2D eigenvalue weighted by molar-refractivity contribution is -0.238. The highest BCUT2D eigenvalue weighted by molar-refractivity contribution is 5.79. The van der Waals surface area contributed by atoms with Crippen molar-refractivity contribution in [3.8, 4) is 0 Å². The number of hydrogen-bond donors (Lipinski definition) is 1. The third kappa shape index (κ3) is 3.28. The minimum absolute atomic E-state index is 0.0130. The maximum atomic E-state index is 12.1. The average Bonchev–Trinajstić information content (AvgIpc) is 2.38. The van der Waals surface area contributed by atoms with Crippen LogP contribution in [0.2, 0.25) is 0 Å². The molecule has 124 valence electrons. The van der Waals surface area contributed by atoms with E-state index in [1.54, 1.807) is 0 Å². The van der Waals surface area contributed by atoms with Crippen LogP contribution in [-0.4, -0.2) is 22.8 Å². The summed E-state index contributed by atoms with van der Waals surface area (Å²) in [7, 11) is 0. The van der Waals surface area contributed by atoms with Gasteiger partial charge in [0.2, 0.25) is 0 Å². The van der Waals surface area contributed by atoms with Crippen molar-refractivity contribution in [3.05, 3.63) is 0 Å². The molecule has 1 fully saturated rings. The van der Waals surface area contributed by atoms with Gasteiger partial charge < -0.3 is 9.84 Å². The Bertz CT molecular complexity index is 371. The van der Waals surface area contributed by atoms with Crippen molar-refractivity contribution in [3.63, 3.8) is 0 Å². The summed E-state index contributed by atoms with van der Waals surface area (Å²) in [6.07, 6.45) is 1.70. The predicted molar refractivity (Wildman–Crippen MR) is 86.3 cm³/mol. The van der Waals surface area contributed by atoms with E-state index >= 15 is 0 Å². The molecule has 1 saturated heterocycles. The van der Waals surface area contributed by atoms with E-state index in [2.05, 4.69) is 34.6 Å². The molecule has 0 radical (unpaired) electrons. The van der Waals surface area contributed by atoms with Crippen LogP contribution in [0.3, 0.4) is 0 Å². The highest BCUT2D eigenvalue weighted by Crippen LogP contribution is 2.48. The zero-order valence-electron chi connectivity index (χ0n) is 15.1. The van der Waals surface area contributed by atoms with Crippen LogP contribution in [0, 0.1) is 29.1 Å². The maximum absolute atomic E-state index is 12.1. The summed E-state index contributed by atoms with van der Waals surface area (Å²) in [6, 6.07) is 0. The van der Waals surface area contributed by atoms with Crippen molar-refractivity contribution in [2.75, 3.05) is 0 Å². The fourth-order valence-electron chi connectivity index (χ4n) is 3.57. The molecule has 21 heavy (non-hydrogen) atoms. The minimum Gasteiger partial charge on any atom is -0.479 e. The van der Waals surface area contributed by atoms with Crippen molar-refractivity contribution < 1.29 is 14.6 Å². The van der Waals surface area contributed by atoms with Crippen LogP contribution in [0.5, 0.6) is 0 Å². The standard InChI is InChI=1S/C18H34O3/c1-9-11(2)13(4)15-14(5)12(3)10-18(21-15,16(19)20)17(6,7)8/h11-15H,9-10H2,1-8H3,(H,19,20). The third-order valence-electron chi connectivity index (χ3n) is 5.98. The van der Waals surface area contributed by atoms with Gasteiger partial charge in [-0.05, 0) is 30.1 Å². The largest absolute Gasteiger partial charge is 0.479 e. The van der Waals surface area contributed by atoms with E-state index in [1.165, 1.54) is 0 Å². The van der Waals surface area contributed by atoms with Gasteiger partial charge in [0.15, 0.2) is 5.60 Å². The molecule has 6 unspecified atom stereocenters.